The zero-order valence-corrected chi connectivity index (χ0v) is 11.8. The molecule has 2 aliphatic heterocycles. The zero-order chi connectivity index (χ0) is 13.5. The van der Waals surface area contributed by atoms with Gasteiger partial charge in [-0.3, -0.25) is 0 Å². The Bertz CT molecular complexity index is 458. The van der Waals surface area contributed by atoms with Crippen molar-refractivity contribution >= 4 is 5.69 Å². The highest BCUT2D eigenvalue weighted by Gasteiger charge is 2.34. The van der Waals surface area contributed by atoms with E-state index >= 15 is 0 Å². The minimum absolute atomic E-state index is 0.0273. The maximum Gasteiger partial charge on any atom is 0.0826 e. The lowest BCUT2D eigenvalue weighted by molar-refractivity contribution is -0.0120. The molecule has 2 unspecified atom stereocenters. The number of fused-ring (bicyclic) bond motifs is 1. The van der Waals surface area contributed by atoms with Gasteiger partial charge in [-0.1, -0.05) is 18.2 Å². The number of hydrogen-bond donors (Lipinski definition) is 1. The third-order valence-electron chi connectivity index (χ3n) is 4.29. The van der Waals surface area contributed by atoms with E-state index in [1.165, 1.54) is 5.69 Å². The maximum atomic E-state index is 10.1. The van der Waals surface area contributed by atoms with Gasteiger partial charge in [0.2, 0.25) is 0 Å². The second-order valence-corrected chi connectivity index (χ2v) is 6.35. The molecule has 0 aliphatic carbocycles. The Balaban J connectivity index is 1.75. The fourth-order valence-electron chi connectivity index (χ4n) is 3.25. The molecule has 0 aromatic heterocycles. The Hall–Kier alpha value is -1.06. The number of hydrogen-bond acceptors (Lipinski definition) is 3. The first-order valence-corrected chi connectivity index (χ1v) is 7.25. The van der Waals surface area contributed by atoms with E-state index in [1.807, 2.05) is 18.2 Å². The number of anilines is 1. The first kappa shape index (κ1) is 12.9. The summed E-state index contributed by atoms with van der Waals surface area (Å²) in [7, 11) is 0. The number of nitrogens with zero attached hydrogens (tertiary/aromatic N) is 1. The van der Waals surface area contributed by atoms with E-state index < -0.39 is 0 Å². The van der Waals surface area contributed by atoms with Gasteiger partial charge in [-0.25, -0.2) is 0 Å². The first-order valence-electron chi connectivity index (χ1n) is 7.25. The molecule has 1 aromatic rings. The highest BCUT2D eigenvalue weighted by molar-refractivity contribution is 5.56. The monoisotopic (exact) mass is 261 g/mol. The smallest absolute Gasteiger partial charge is 0.0826 e. The molecule has 0 spiro atoms. The molecule has 1 saturated heterocycles. The summed E-state index contributed by atoms with van der Waals surface area (Å²) in [4.78, 5) is 2.37. The van der Waals surface area contributed by atoms with Crippen molar-refractivity contribution < 1.29 is 9.84 Å². The van der Waals surface area contributed by atoms with Gasteiger partial charge in [-0.2, -0.15) is 0 Å². The van der Waals surface area contributed by atoms with E-state index in [1.54, 1.807) is 0 Å². The predicted molar refractivity (Wildman–Crippen MR) is 76.4 cm³/mol. The lowest BCUT2D eigenvalue weighted by atomic mass is 9.98. The van der Waals surface area contributed by atoms with Crippen LogP contribution < -0.4 is 4.90 Å². The summed E-state index contributed by atoms with van der Waals surface area (Å²) in [5.74, 6) is 0. The standard InChI is InChI=1S/C16H23NO2/c1-16(2)9-7-12(19-16)11-17-10-8-15(18)13-5-3-4-6-14(13)17/h3-6,12,15,18H,7-11H2,1-2H3. The van der Waals surface area contributed by atoms with Crippen LogP contribution in [-0.4, -0.2) is 29.9 Å². The molecule has 3 heteroatoms. The number of rotatable bonds is 2. The summed E-state index contributed by atoms with van der Waals surface area (Å²) in [6.07, 6.45) is 3.09. The van der Waals surface area contributed by atoms with E-state index in [0.29, 0.717) is 6.10 Å². The van der Waals surface area contributed by atoms with Gasteiger partial charge in [0.25, 0.3) is 0 Å². The van der Waals surface area contributed by atoms with Gasteiger partial charge in [-0.05, 0) is 39.2 Å². The highest BCUT2D eigenvalue weighted by atomic mass is 16.5. The van der Waals surface area contributed by atoms with Crippen LogP contribution in [0.3, 0.4) is 0 Å². The van der Waals surface area contributed by atoms with Gasteiger partial charge < -0.3 is 14.7 Å². The molecule has 3 rings (SSSR count). The van der Waals surface area contributed by atoms with Crippen molar-refractivity contribution in [2.24, 2.45) is 0 Å². The summed E-state index contributed by atoms with van der Waals surface area (Å²) in [5, 5.41) is 10.1. The lowest BCUT2D eigenvalue weighted by Gasteiger charge is -2.35. The van der Waals surface area contributed by atoms with Crippen LogP contribution in [0.25, 0.3) is 0 Å². The molecule has 2 aliphatic rings. The fraction of sp³-hybridized carbons (Fsp3) is 0.625. The molecule has 0 radical (unpaired) electrons. The van der Waals surface area contributed by atoms with Gasteiger partial charge in [-0.15, -0.1) is 0 Å². The van der Waals surface area contributed by atoms with E-state index in [4.69, 9.17) is 4.74 Å². The quantitative estimate of drug-likeness (QED) is 0.888. The minimum Gasteiger partial charge on any atom is -0.388 e. The zero-order valence-electron chi connectivity index (χ0n) is 11.8. The summed E-state index contributed by atoms with van der Waals surface area (Å²) in [6, 6.07) is 8.19. The fourth-order valence-corrected chi connectivity index (χ4v) is 3.25. The van der Waals surface area contributed by atoms with Crippen LogP contribution in [0.4, 0.5) is 5.69 Å². The maximum absolute atomic E-state index is 10.1. The van der Waals surface area contributed by atoms with E-state index in [2.05, 4.69) is 24.8 Å². The lowest BCUT2D eigenvalue weighted by Crippen LogP contribution is -2.38. The molecule has 1 fully saturated rings. The predicted octanol–water partition coefficient (Wildman–Crippen LogP) is 2.89. The molecule has 19 heavy (non-hydrogen) atoms. The molecular formula is C16H23NO2. The Morgan fingerprint density at radius 1 is 1.32 bits per heavy atom. The van der Waals surface area contributed by atoms with Crippen LogP contribution in [0.2, 0.25) is 0 Å². The van der Waals surface area contributed by atoms with Crippen molar-refractivity contribution in [3.05, 3.63) is 29.8 Å². The summed E-state index contributed by atoms with van der Waals surface area (Å²) in [5.41, 5.74) is 2.26. The van der Waals surface area contributed by atoms with Crippen molar-refractivity contribution in [1.82, 2.24) is 0 Å². The first-order chi connectivity index (χ1) is 9.05. The Labute approximate surface area is 115 Å². The average molecular weight is 261 g/mol. The van der Waals surface area contributed by atoms with Crippen molar-refractivity contribution in [2.45, 2.75) is 50.9 Å². The van der Waals surface area contributed by atoms with Gasteiger partial charge >= 0.3 is 0 Å². The van der Waals surface area contributed by atoms with Crippen molar-refractivity contribution in [3.8, 4) is 0 Å². The number of para-hydroxylation sites is 1. The van der Waals surface area contributed by atoms with Gasteiger partial charge in [0.15, 0.2) is 0 Å². The molecular weight excluding hydrogens is 238 g/mol. The van der Waals surface area contributed by atoms with Crippen LogP contribution in [0.15, 0.2) is 24.3 Å². The molecule has 1 aromatic carbocycles. The van der Waals surface area contributed by atoms with Gasteiger partial charge in [0.1, 0.15) is 0 Å². The van der Waals surface area contributed by atoms with Crippen LogP contribution >= 0.6 is 0 Å². The van der Waals surface area contributed by atoms with Crippen LogP contribution in [-0.2, 0) is 4.74 Å². The largest absolute Gasteiger partial charge is 0.388 e. The SMILES string of the molecule is CC1(C)CCC(CN2CCC(O)c3ccccc32)O1. The topological polar surface area (TPSA) is 32.7 Å². The van der Waals surface area contributed by atoms with Crippen LogP contribution in [0.5, 0.6) is 0 Å². The van der Waals surface area contributed by atoms with E-state index in [-0.39, 0.29) is 11.7 Å². The molecule has 1 N–H and O–H groups in total. The average Bonchev–Trinajstić information content (AvgIpc) is 2.73. The molecule has 0 saturated carbocycles. The summed E-state index contributed by atoms with van der Waals surface area (Å²) in [6.45, 7) is 6.19. The van der Waals surface area contributed by atoms with Gasteiger partial charge in [0.05, 0.1) is 17.8 Å². The van der Waals surface area contributed by atoms with Crippen molar-refractivity contribution in [2.75, 3.05) is 18.0 Å². The number of aliphatic hydroxyl groups excluding tert-OH is 1. The molecule has 0 amide bonds. The summed E-state index contributed by atoms with van der Waals surface area (Å²) < 4.78 is 6.09. The second-order valence-electron chi connectivity index (χ2n) is 6.35. The van der Waals surface area contributed by atoms with Crippen molar-refractivity contribution in [1.29, 1.82) is 0 Å². The third-order valence-corrected chi connectivity index (χ3v) is 4.29. The number of ether oxygens (including phenoxy) is 1. The van der Waals surface area contributed by atoms with Crippen LogP contribution in [0.1, 0.15) is 44.8 Å². The second kappa shape index (κ2) is 4.80. The Kier molecular flexibility index (Phi) is 3.27. The van der Waals surface area contributed by atoms with E-state index in [0.717, 1.165) is 37.9 Å². The van der Waals surface area contributed by atoms with E-state index in [9.17, 15) is 5.11 Å². The molecule has 3 nitrogen and oxygen atoms in total. The Morgan fingerprint density at radius 3 is 2.84 bits per heavy atom. The van der Waals surface area contributed by atoms with Crippen LogP contribution in [0, 0.1) is 0 Å². The van der Waals surface area contributed by atoms with Crippen molar-refractivity contribution in [3.63, 3.8) is 0 Å². The third kappa shape index (κ3) is 2.63. The number of aliphatic hydroxyl groups is 1. The number of benzene rings is 1. The van der Waals surface area contributed by atoms with Gasteiger partial charge in [0, 0.05) is 24.3 Å². The molecule has 2 atom stereocenters. The summed E-state index contributed by atoms with van der Waals surface area (Å²) >= 11 is 0. The molecule has 0 bridgehead atoms. The Morgan fingerprint density at radius 2 is 2.11 bits per heavy atom. The molecule has 104 valence electrons. The normalized spacial score (nSPS) is 29.3. The molecule has 2 heterocycles. The minimum atomic E-state index is -0.312. The highest BCUT2D eigenvalue weighted by Crippen LogP contribution is 2.36.